The Morgan fingerprint density at radius 1 is 1.17 bits per heavy atom. The molecule has 0 amide bonds. The molecular formula is C16H21NO. The second-order valence-corrected chi connectivity index (χ2v) is 4.71. The van der Waals surface area contributed by atoms with Crippen LogP contribution in [0.5, 0.6) is 0 Å². The summed E-state index contributed by atoms with van der Waals surface area (Å²) < 4.78 is 5.53. The molecule has 2 heteroatoms. The van der Waals surface area contributed by atoms with E-state index >= 15 is 0 Å². The number of hydrogen-bond donors (Lipinski definition) is 1. The van der Waals surface area contributed by atoms with Gasteiger partial charge in [-0.05, 0) is 44.0 Å². The van der Waals surface area contributed by atoms with E-state index in [-0.39, 0.29) is 6.04 Å². The van der Waals surface area contributed by atoms with Gasteiger partial charge in [0.1, 0.15) is 5.76 Å². The lowest BCUT2D eigenvalue weighted by Gasteiger charge is -2.16. The smallest absolute Gasteiger partial charge is 0.121 e. The highest BCUT2D eigenvalue weighted by molar-refractivity contribution is 5.23. The molecule has 0 saturated heterocycles. The quantitative estimate of drug-likeness (QED) is 0.833. The van der Waals surface area contributed by atoms with Crippen molar-refractivity contribution in [1.82, 2.24) is 5.32 Å². The minimum atomic E-state index is 0.266. The van der Waals surface area contributed by atoms with Crippen LogP contribution in [-0.4, -0.2) is 6.54 Å². The first kappa shape index (κ1) is 12.9. The Bertz CT molecular complexity index is 444. The van der Waals surface area contributed by atoms with Gasteiger partial charge in [-0.2, -0.15) is 0 Å². The summed E-state index contributed by atoms with van der Waals surface area (Å²) in [4.78, 5) is 0. The van der Waals surface area contributed by atoms with E-state index in [1.807, 2.05) is 12.1 Å². The summed E-state index contributed by atoms with van der Waals surface area (Å²) in [6, 6.07) is 13.0. The number of benzene rings is 1. The van der Waals surface area contributed by atoms with E-state index in [2.05, 4.69) is 43.4 Å². The van der Waals surface area contributed by atoms with Crippen molar-refractivity contribution in [2.45, 2.75) is 32.7 Å². The van der Waals surface area contributed by atoms with Gasteiger partial charge < -0.3 is 9.73 Å². The molecule has 0 aliphatic carbocycles. The minimum Gasteiger partial charge on any atom is -0.468 e. The summed E-state index contributed by atoms with van der Waals surface area (Å²) in [5.41, 5.74) is 2.64. The van der Waals surface area contributed by atoms with Crippen LogP contribution in [0.1, 0.15) is 36.3 Å². The molecule has 0 saturated carbocycles. The van der Waals surface area contributed by atoms with Gasteiger partial charge in [0.25, 0.3) is 0 Å². The molecule has 18 heavy (non-hydrogen) atoms. The summed E-state index contributed by atoms with van der Waals surface area (Å²) in [6.45, 7) is 5.30. The Morgan fingerprint density at radius 2 is 1.94 bits per heavy atom. The maximum absolute atomic E-state index is 5.53. The molecule has 1 atom stereocenters. The van der Waals surface area contributed by atoms with E-state index in [0.717, 1.165) is 25.1 Å². The van der Waals surface area contributed by atoms with Crippen molar-refractivity contribution in [3.05, 3.63) is 59.5 Å². The van der Waals surface area contributed by atoms with Crippen molar-refractivity contribution in [2.75, 3.05) is 6.54 Å². The number of nitrogens with one attached hydrogen (secondary N) is 1. The highest BCUT2D eigenvalue weighted by atomic mass is 16.3. The standard InChI is InChI=1S/C16H21NO/c1-3-10-17-15(16-5-4-11-18-16)12-14-8-6-13(2)7-9-14/h4-9,11,15,17H,3,10,12H2,1-2H3. The zero-order valence-corrected chi connectivity index (χ0v) is 11.1. The van der Waals surface area contributed by atoms with Crippen molar-refractivity contribution in [3.63, 3.8) is 0 Å². The predicted molar refractivity (Wildman–Crippen MR) is 74.6 cm³/mol. The van der Waals surface area contributed by atoms with Crippen LogP contribution < -0.4 is 5.32 Å². The average Bonchev–Trinajstić information content (AvgIpc) is 2.90. The first-order valence-electron chi connectivity index (χ1n) is 6.62. The Labute approximate surface area is 109 Å². The van der Waals surface area contributed by atoms with E-state index < -0.39 is 0 Å². The molecule has 2 rings (SSSR count). The van der Waals surface area contributed by atoms with Gasteiger partial charge in [-0.3, -0.25) is 0 Å². The van der Waals surface area contributed by atoms with Gasteiger partial charge in [0, 0.05) is 0 Å². The molecule has 0 spiro atoms. The normalized spacial score (nSPS) is 12.6. The second-order valence-electron chi connectivity index (χ2n) is 4.71. The molecule has 1 heterocycles. The number of hydrogen-bond acceptors (Lipinski definition) is 2. The third kappa shape index (κ3) is 3.47. The van der Waals surface area contributed by atoms with Gasteiger partial charge in [0.2, 0.25) is 0 Å². The molecule has 1 N–H and O–H groups in total. The zero-order valence-electron chi connectivity index (χ0n) is 11.1. The van der Waals surface area contributed by atoms with E-state index in [4.69, 9.17) is 4.42 Å². The molecule has 2 nitrogen and oxygen atoms in total. The van der Waals surface area contributed by atoms with Crippen molar-refractivity contribution in [2.24, 2.45) is 0 Å². The summed E-state index contributed by atoms with van der Waals surface area (Å²) in [7, 11) is 0. The summed E-state index contributed by atoms with van der Waals surface area (Å²) in [6.07, 6.45) is 3.84. The van der Waals surface area contributed by atoms with Crippen molar-refractivity contribution in [3.8, 4) is 0 Å². The Balaban J connectivity index is 2.07. The predicted octanol–water partition coefficient (Wildman–Crippen LogP) is 3.87. The third-order valence-corrected chi connectivity index (χ3v) is 3.09. The van der Waals surface area contributed by atoms with E-state index in [1.54, 1.807) is 6.26 Å². The molecule has 2 aromatic rings. The molecule has 96 valence electrons. The van der Waals surface area contributed by atoms with Crippen LogP contribution in [0.3, 0.4) is 0 Å². The van der Waals surface area contributed by atoms with E-state index in [1.165, 1.54) is 11.1 Å². The Kier molecular flexibility index (Phi) is 4.59. The molecule has 0 aliphatic rings. The fourth-order valence-corrected chi connectivity index (χ4v) is 2.04. The molecule has 1 aromatic heterocycles. The maximum atomic E-state index is 5.53. The van der Waals surface area contributed by atoms with Crippen molar-refractivity contribution >= 4 is 0 Å². The van der Waals surface area contributed by atoms with Crippen LogP contribution in [0.15, 0.2) is 47.1 Å². The van der Waals surface area contributed by atoms with Crippen LogP contribution in [0, 0.1) is 6.92 Å². The van der Waals surface area contributed by atoms with Gasteiger partial charge in [-0.25, -0.2) is 0 Å². The van der Waals surface area contributed by atoms with Gasteiger partial charge in [0.05, 0.1) is 12.3 Å². The maximum Gasteiger partial charge on any atom is 0.121 e. The lowest BCUT2D eigenvalue weighted by atomic mass is 10.0. The molecule has 0 radical (unpaired) electrons. The van der Waals surface area contributed by atoms with Crippen LogP contribution in [0.25, 0.3) is 0 Å². The molecular weight excluding hydrogens is 222 g/mol. The summed E-state index contributed by atoms with van der Waals surface area (Å²) in [5, 5.41) is 3.54. The topological polar surface area (TPSA) is 25.2 Å². The number of aryl methyl sites for hydroxylation is 1. The Hall–Kier alpha value is -1.54. The van der Waals surface area contributed by atoms with Gasteiger partial charge in [-0.1, -0.05) is 36.8 Å². The van der Waals surface area contributed by atoms with Crippen LogP contribution >= 0.6 is 0 Å². The lowest BCUT2D eigenvalue weighted by molar-refractivity contribution is 0.410. The van der Waals surface area contributed by atoms with E-state index in [9.17, 15) is 0 Å². The van der Waals surface area contributed by atoms with Crippen LogP contribution in [-0.2, 0) is 6.42 Å². The van der Waals surface area contributed by atoms with Gasteiger partial charge >= 0.3 is 0 Å². The number of furan rings is 1. The number of rotatable bonds is 6. The highest BCUT2D eigenvalue weighted by Crippen LogP contribution is 2.19. The average molecular weight is 243 g/mol. The first-order valence-corrected chi connectivity index (χ1v) is 6.62. The fraction of sp³-hybridized carbons (Fsp3) is 0.375. The minimum absolute atomic E-state index is 0.266. The third-order valence-electron chi connectivity index (χ3n) is 3.09. The van der Waals surface area contributed by atoms with Gasteiger partial charge in [-0.15, -0.1) is 0 Å². The second kappa shape index (κ2) is 6.41. The van der Waals surface area contributed by atoms with Crippen molar-refractivity contribution in [1.29, 1.82) is 0 Å². The summed E-state index contributed by atoms with van der Waals surface area (Å²) >= 11 is 0. The lowest BCUT2D eigenvalue weighted by Crippen LogP contribution is -2.23. The molecule has 1 unspecified atom stereocenters. The van der Waals surface area contributed by atoms with Crippen LogP contribution in [0.2, 0.25) is 0 Å². The first-order chi connectivity index (χ1) is 8.79. The molecule has 0 fully saturated rings. The van der Waals surface area contributed by atoms with Crippen molar-refractivity contribution < 1.29 is 4.42 Å². The largest absolute Gasteiger partial charge is 0.468 e. The van der Waals surface area contributed by atoms with E-state index in [0.29, 0.717) is 0 Å². The SMILES string of the molecule is CCCNC(Cc1ccc(C)cc1)c1ccco1. The molecule has 0 bridgehead atoms. The summed E-state index contributed by atoms with van der Waals surface area (Å²) in [5.74, 6) is 1.02. The molecule has 0 aliphatic heterocycles. The van der Waals surface area contributed by atoms with Crippen LogP contribution in [0.4, 0.5) is 0 Å². The monoisotopic (exact) mass is 243 g/mol. The molecule has 1 aromatic carbocycles. The fourth-order valence-electron chi connectivity index (χ4n) is 2.04. The highest BCUT2D eigenvalue weighted by Gasteiger charge is 2.13. The van der Waals surface area contributed by atoms with Gasteiger partial charge in [0.15, 0.2) is 0 Å². The zero-order chi connectivity index (χ0) is 12.8. The Morgan fingerprint density at radius 3 is 2.56 bits per heavy atom.